The summed E-state index contributed by atoms with van der Waals surface area (Å²) in [6, 6.07) is 7.74. The molecule has 1 aromatic heterocycles. The quantitative estimate of drug-likeness (QED) is 0.889. The highest BCUT2D eigenvalue weighted by Gasteiger charge is 2.13. The van der Waals surface area contributed by atoms with E-state index in [1.165, 1.54) is 0 Å². The number of H-pyrrole nitrogens is 1. The van der Waals surface area contributed by atoms with E-state index in [0.29, 0.717) is 12.5 Å². The minimum absolute atomic E-state index is 0.377. The van der Waals surface area contributed by atoms with E-state index in [-0.39, 0.29) is 0 Å². The molecule has 96 valence electrons. The molecule has 1 heterocycles. The van der Waals surface area contributed by atoms with Gasteiger partial charge in [0.25, 0.3) is 0 Å². The van der Waals surface area contributed by atoms with E-state index in [9.17, 15) is 0 Å². The minimum atomic E-state index is 0.377. The molecule has 0 atom stereocenters. The Morgan fingerprint density at radius 3 is 2.50 bits per heavy atom. The number of nitrogens with one attached hydrogen (secondary N) is 1. The number of nitrogens with zero attached hydrogens (tertiary/aromatic N) is 1. The first kappa shape index (κ1) is 13.1. The first-order chi connectivity index (χ1) is 8.61. The Kier molecular flexibility index (Phi) is 4.04. The van der Waals surface area contributed by atoms with Gasteiger partial charge in [-0.05, 0) is 18.7 Å². The van der Waals surface area contributed by atoms with Crippen LogP contribution in [0.25, 0.3) is 11.3 Å². The summed E-state index contributed by atoms with van der Waals surface area (Å²) in [5.74, 6) is 1.38. The Labute approximate surface area is 112 Å². The second-order valence-electron chi connectivity index (χ2n) is 4.65. The van der Waals surface area contributed by atoms with Gasteiger partial charge < -0.3 is 10.7 Å². The molecule has 3 nitrogen and oxygen atoms in total. The van der Waals surface area contributed by atoms with Crippen LogP contribution in [-0.4, -0.2) is 16.5 Å². The number of hydrogen-bond donors (Lipinski definition) is 2. The molecule has 2 rings (SSSR count). The maximum absolute atomic E-state index is 5.91. The molecule has 0 bridgehead atoms. The van der Waals surface area contributed by atoms with Crippen molar-refractivity contribution in [3.8, 4) is 11.3 Å². The van der Waals surface area contributed by atoms with Gasteiger partial charge in [0.1, 0.15) is 5.82 Å². The van der Waals surface area contributed by atoms with Crippen molar-refractivity contribution in [3.05, 3.63) is 40.8 Å². The van der Waals surface area contributed by atoms with Crippen LogP contribution in [0.3, 0.4) is 0 Å². The highest BCUT2D eigenvalue weighted by atomic mass is 35.5. The van der Waals surface area contributed by atoms with E-state index in [4.69, 9.17) is 17.3 Å². The van der Waals surface area contributed by atoms with Crippen molar-refractivity contribution in [2.75, 3.05) is 6.54 Å². The molecule has 0 aliphatic carbocycles. The van der Waals surface area contributed by atoms with E-state index >= 15 is 0 Å². The van der Waals surface area contributed by atoms with Crippen LogP contribution in [0, 0.1) is 0 Å². The van der Waals surface area contributed by atoms with Crippen LogP contribution >= 0.6 is 11.6 Å². The fourth-order valence-corrected chi connectivity index (χ4v) is 2.00. The van der Waals surface area contributed by atoms with Crippen LogP contribution in [0.1, 0.15) is 31.3 Å². The molecule has 18 heavy (non-hydrogen) atoms. The topological polar surface area (TPSA) is 54.7 Å². The molecule has 0 saturated carbocycles. The van der Waals surface area contributed by atoms with Crippen LogP contribution < -0.4 is 5.73 Å². The fourth-order valence-electron chi connectivity index (χ4n) is 1.87. The Balaban J connectivity index is 2.44. The Morgan fingerprint density at radius 1 is 1.28 bits per heavy atom. The van der Waals surface area contributed by atoms with Crippen molar-refractivity contribution in [1.29, 1.82) is 0 Å². The Bertz CT molecular complexity index is 514. The van der Waals surface area contributed by atoms with Crippen LogP contribution in [0.15, 0.2) is 24.3 Å². The SMILES string of the molecule is CC(C)c1nc(-c2ccc(Cl)cc2)c(CCN)[nH]1. The summed E-state index contributed by atoms with van der Waals surface area (Å²) in [6.45, 7) is 4.85. The average Bonchev–Trinajstić information content (AvgIpc) is 2.75. The molecule has 1 aromatic carbocycles. The monoisotopic (exact) mass is 263 g/mol. The largest absolute Gasteiger partial charge is 0.345 e. The van der Waals surface area contributed by atoms with Crippen molar-refractivity contribution < 1.29 is 0 Å². The highest BCUT2D eigenvalue weighted by molar-refractivity contribution is 6.30. The van der Waals surface area contributed by atoms with E-state index < -0.39 is 0 Å². The molecule has 3 N–H and O–H groups in total. The van der Waals surface area contributed by atoms with Gasteiger partial charge >= 0.3 is 0 Å². The lowest BCUT2D eigenvalue weighted by Gasteiger charge is -2.01. The van der Waals surface area contributed by atoms with Gasteiger partial charge in [0, 0.05) is 28.6 Å². The second-order valence-corrected chi connectivity index (χ2v) is 5.09. The van der Waals surface area contributed by atoms with E-state index in [0.717, 1.165) is 34.2 Å². The van der Waals surface area contributed by atoms with Gasteiger partial charge in [-0.15, -0.1) is 0 Å². The summed E-state index contributed by atoms with van der Waals surface area (Å²) in [4.78, 5) is 8.05. The van der Waals surface area contributed by atoms with E-state index in [1.54, 1.807) is 0 Å². The third-order valence-electron chi connectivity index (χ3n) is 2.86. The summed E-state index contributed by atoms with van der Waals surface area (Å²) < 4.78 is 0. The zero-order valence-electron chi connectivity index (χ0n) is 10.7. The number of hydrogen-bond acceptors (Lipinski definition) is 2. The van der Waals surface area contributed by atoms with E-state index in [1.807, 2.05) is 24.3 Å². The van der Waals surface area contributed by atoms with Gasteiger partial charge in [-0.3, -0.25) is 0 Å². The molecule has 0 saturated heterocycles. The van der Waals surface area contributed by atoms with Gasteiger partial charge in [-0.1, -0.05) is 37.6 Å². The minimum Gasteiger partial charge on any atom is -0.345 e. The molecule has 0 unspecified atom stereocenters. The van der Waals surface area contributed by atoms with Crippen molar-refractivity contribution in [2.24, 2.45) is 5.73 Å². The summed E-state index contributed by atoms with van der Waals surface area (Å²) in [6.07, 6.45) is 0.803. The molecule has 0 aliphatic heterocycles. The lowest BCUT2D eigenvalue weighted by atomic mass is 10.1. The lowest BCUT2D eigenvalue weighted by Crippen LogP contribution is -2.04. The smallest absolute Gasteiger partial charge is 0.109 e. The molecule has 0 amide bonds. The zero-order chi connectivity index (χ0) is 13.1. The standard InChI is InChI=1S/C14H18ClN3/c1-9(2)14-17-12(7-8-16)13(18-14)10-3-5-11(15)6-4-10/h3-6,9H,7-8,16H2,1-2H3,(H,17,18). The van der Waals surface area contributed by atoms with Gasteiger partial charge in [-0.25, -0.2) is 4.98 Å². The Hall–Kier alpha value is -1.32. The number of aromatic nitrogens is 2. The second kappa shape index (κ2) is 5.55. The molecule has 0 aliphatic rings. The summed E-state index contributed by atoms with van der Waals surface area (Å²) in [7, 11) is 0. The first-order valence-corrected chi connectivity index (χ1v) is 6.54. The number of nitrogens with two attached hydrogens (primary N) is 1. The molecule has 0 fully saturated rings. The van der Waals surface area contributed by atoms with Gasteiger partial charge in [0.15, 0.2) is 0 Å². The predicted molar refractivity (Wildman–Crippen MR) is 75.9 cm³/mol. The fraction of sp³-hybridized carbons (Fsp3) is 0.357. The average molecular weight is 264 g/mol. The third-order valence-corrected chi connectivity index (χ3v) is 3.11. The van der Waals surface area contributed by atoms with Crippen LogP contribution in [0.4, 0.5) is 0 Å². The maximum Gasteiger partial charge on any atom is 0.109 e. The van der Waals surface area contributed by atoms with Gasteiger partial charge in [-0.2, -0.15) is 0 Å². The molecular weight excluding hydrogens is 246 g/mol. The molecule has 4 heteroatoms. The predicted octanol–water partition coefficient (Wildman–Crippen LogP) is 3.35. The lowest BCUT2D eigenvalue weighted by molar-refractivity contribution is 0.786. The van der Waals surface area contributed by atoms with Crippen LogP contribution in [-0.2, 0) is 6.42 Å². The molecular formula is C14H18ClN3. The molecule has 2 aromatic rings. The summed E-state index contributed by atoms with van der Waals surface area (Å²) in [5.41, 5.74) is 8.81. The number of imidazole rings is 1. The van der Waals surface area contributed by atoms with Crippen LogP contribution in [0.5, 0.6) is 0 Å². The van der Waals surface area contributed by atoms with Crippen molar-refractivity contribution in [3.63, 3.8) is 0 Å². The normalized spacial score (nSPS) is 11.2. The summed E-state index contributed by atoms with van der Waals surface area (Å²) in [5, 5.41) is 0.735. The number of halogens is 1. The zero-order valence-corrected chi connectivity index (χ0v) is 11.5. The first-order valence-electron chi connectivity index (χ1n) is 6.16. The van der Waals surface area contributed by atoms with Crippen molar-refractivity contribution >= 4 is 11.6 Å². The van der Waals surface area contributed by atoms with Crippen molar-refractivity contribution in [1.82, 2.24) is 9.97 Å². The molecule has 0 spiro atoms. The number of benzene rings is 1. The highest BCUT2D eigenvalue weighted by Crippen LogP contribution is 2.25. The maximum atomic E-state index is 5.91. The van der Waals surface area contributed by atoms with Crippen molar-refractivity contribution in [2.45, 2.75) is 26.2 Å². The summed E-state index contributed by atoms with van der Waals surface area (Å²) >= 11 is 5.91. The van der Waals surface area contributed by atoms with Gasteiger partial charge in [0.05, 0.1) is 5.69 Å². The third kappa shape index (κ3) is 2.74. The number of aromatic amines is 1. The van der Waals surface area contributed by atoms with E-state index in [2.05, 4.69) is 23.8 Å². The van der Waals surface area contributed by atoms with Gasteiger partial charge in [0.2, 0.25) is 0 Å². The Morgan fingerprint density at radius 2 is 1.94 bits per heavy atom. The molecule has 0 radical (unpaired) electrons. The number of rotatable bonds is 4. The van der Waals surface area contributed by atoms with Crippen LogP contribution in [0.2, 0.25) is 5.02 Å².